The number of hydrogen-bond donors (Lipinski definition) is 1. The quantitative estimate of drug-likeness (QED) is 0.869. The number of amides is 2. The Morgan fingerprint density at radius 1 is 1.35 bits per heavy atom. The summed E-state index contributed by atoms with van der Waals surface area (Å²) in [5.41, 5.74) is 1.43. The minimum absolute atomic E-state index is 0.0147. The molecular weight excluding hydrogens is 292 g/mol. The zero-order chi connectivity index (χ0) is 16.2. The fraction of sp³-hybridized carbons (Fsp3) is 0.444. The molecule has 1 saturated carbocycles. The molecule has 1 aliphatic carbocycles. The number of fused-ring (bicyclic) bond motifs is 1. The maximum atomic E-state index is 12.3. The van der Waals surface area contributed by atoms with E-state index in [4.69, 9.17) is 4.74 Å². The molecule has 1 N–H and O–H groups in total. The van der Waals surface area contributed by atoms with Crippen LogP contribution < -0.4 is 15.0 Å². The highest BCUT2D eigenvalue weighted by Crippen LogP contribution is 2.35. The minimum atomic E-state index is -0.0867. The van der Waals surface area contributed by atoms with E-state index < -0.39 is 0 Å². The van der Waals surface area contributed by atoms with Crippen LogP contribution in [0.5, 0.6) is 5.75 Å². The summed E-state index contributed by atoms with van der Waals surface area (Å²) in [4.78, 5) is 25.9. The van der Waals surface area contributed by atoms with Gasteiger partial charge >= 0.3 is 0 Å². The van der Waals surface area contributed by atoms with Gasteiger partial charge in [0.1, 0.15) is 5.75 Å². The molecule has 2 aliphatic rings. The van der Waals surface area contributed by atoms with E-state index in [-0.39, 0.29) is 24.3 Å². The maximum absolute atomic E-state index is 12.3. The van der Waals surface area contributed by atoms with Crippen molar-refractivity contribution in [1.82, 2.24) is 0 Å². The van der Waals surface area contributed by atoms with E-state index in [0.29, 0.717) is 18.0 Å². The van der Waals surface area contributed by atoms with Crippen LogP contribution in [0.3, 0.4) is 0 Å². The Labute approximate surface area is 136 Å². The summed E-state index contributed by atoms with van der Waals surface area (Å²) in [6.07, 6.45) is 7.10. The number of benzene rings is 1. The van der Waals surface area contributed by atoms with Crippen molar-refractivity contribution in [3.63, 3.8) is 0 Å². The molecule has 0 bridgehead atoms. The normalized spacial score (nSPS) is 18.1. The molecule has 0 atom stereocenters. The molecule has 0 unspecified atom stereocenters. The van der Waals surface area contributed by atoms with Crippen molar-refractivity contribution >= 4 is 23.2 Å². The number of hydrogen-bond acceptors (Lipinski definition) is 3. The van der Waals surface area contributed by atoms with E-state index in [9.17, 15) is 9.59 Å². The van der Waals surface area contributed by atoms with Crippen LogP contribution >= 0.6 is 0 Å². The van der Waals surface area contributed by atoms with Crippen molar-refractivity contribution in [2.75, 3.05) is 23.4 Å². The van der Waals surface area contributed by atoms with Crippen LogP contribution in [0, 0.1) is 5.92 Å². The highest BCUT2D eigenvalue weighted by atomic mass is 16.5. The first-order chi connectivity index (χ1) is 11.2. The van der Waals surface area contributed by atoms with Crippen LogP contribution in [0.15, 0.2) is 30.9 Å². The molecule has 0 radical (unpaired) electrons. The minimum Gasteiger partial charge on any atom is -0.481 e. The summed E-state index contributed by atoms with van der Waals surface area (Å²) < 4.78 is 5.50. The lowest BCUT2D eigenvalue weighted by Gasteiger charge is -2.29. The van der Waals surface area contributed by atoms with Gasteiger partial charge < -0.3 is 15.0 Å². The third-order valence-corrected chi connectivity index (χ3v) is 4.46. The molecule has 23 heavy (non-hydrogen) atoms. The van der Waals surface area contributed by atoms with Gasteiger partial charge in [0.2, 0.25) is 5.91 Å². The molecule has 5 nitrogen and oxygen atoms in total. The average molecular weight is 314 g/mol. The maximum Gasteiger partial charge on any atom is 0.265 e. The van der Waals surface area contributed by atoms with E-state index in [1.165, 1.54) is 6.42 Å². The third-order valence-electron chi connectivity index (χ3n) is 4.46. The summed E-state index contributed by atoms with van der Waals surface area (Å²) in [5, 5.41) is 2.98. The number of nitrogens with zero attached hydrogens (tertiary/aromatic N) is 1. The molecule has 5 heteroatoms. The van der Waals surface area contributed by atoms with Gasteiger partial charge in [0.25, 0.3) is 5.91 Å². The first kappa shape index (κ1) is 15.6. The molecule has 0 saturated heterocycles. The third kappa shape index (κ3) is 3.38. The predicted octanol–water partition coefficient (Wildman–Crippen LogP) is 3.12. The first-order valence-electron chi connectivity index (χ1n) is 8.18. The number of carbonyl (C=O) groups is 2. The second kappa shape index (κ2) is 6.86. The fourth-order valence-electron chi connectivity index (χ4n) is 3.22. The van der Waals surface area contributed by atoms with Crippen LogP contribution in [0.2, 0.25) is 0 Å². The number of carbonyl (C=O) groups excluding carboxylic acids is 2. The van der Waals surface area contributed by atoms with Crippen molar-refractivity contribution < 1.29 is 14.3 Å². The molecule has 1 heterocycles. The van der Waals surface area contributed by atoms with E-state index in [1.807, 2.05) is 12.1 Å². The number of nitrogens with one attached hydrogen (secondary N) is 1. The Balaban J connectivity index is 1.74. The lowest BCUT2D eigenvalue weighted by atomic mass is 9.88. The molecule has 1 aromatic carbocycles. The van der Waals surface area contributed by atoms with Gasteiger partial charge in [-0.2, -0.15) is 0 Å². The SMILES string of the molecule is C=CCN1C(=O)COc2cc(NC(=O)C3CCCCC3)ccc21. The molecule has 0 spiro atoms. The topological polar surface area (TPSA) is 58.6 Å². The molecule has 1 aliphatic heterocycles. The monoisotopic (exact) mass is 314 g/mol. The second-order valence-corrected chi connectivity index (χ2v) is 6.09. The Hall–Kier alpha value is -2.30. The fourth-order valence-corrected chi connectivity index (χ4v) is 3.22. The van der Waals surface area contributed by atoms with Gasteiger partial charge in [-0.25, -0.2) is 0 Å². The summed E-state index contributed by atoms with van der Waals surface area (Å²) in [7, 11) is 0. The molecule has 1 fully saturated rings. The number of rotatable bonds is 4. The first-order valence-corrected chi connectivity index (χ1v) is 8.18. The summed E-state index contributed by atoms with van der Waals surface area (Å²) in [6, 6.07) is 5.42. The second-order valence-electron chi connectivity index (χ2n) is 6.09. The number of anilines is 2. The molecular formula is C18H22N2O3. The molecule has 0 aromatic heterocycles. The predicted molar refractivity (Wildman–Crippen MR) is 89.7 cm³/mol. The van der Waals surface area contributed by atoms with Gasteiger partial charge in [0.15, 0.2) is 6.61 Å². The average Bonchev–Trinajstić information content (AvgIpc) is 2.58. The lowest BCUT2D eigenvalue weighted by Crippen LogP contribution is -2.38. The van der Waals surface area contributed by atoms with Crippen molar-refractivity contribution in [3.05, 3.63) is 30.9 Å². The van der Waals surface area contributed by atoms with Crippen LogP contribution in [0.4, 0.5) is 11.4 Å². The van der Waals surface area contributed by atoms with Crippen LogP contribution in [0.25, 0.3) is 0 Å². The van der Waals surface area contributed by atoms with Gasteiger partial charge in [-0.05, 0) is 25.0 Å². The van der Waals surface area contributed by atoms with Crippen molar-refractivity contribution in [3.8, 4) is 5.75 Å². The Bertz CT molecular complexity index is 621. The highest BCUT2D eigenvalue weighted by Gasteiger charge is 2.26. The van der Waals surface area contributed by atoms with Gasteiger partial charge in [0, 0.05) is 24.2 Å². The van der Waals surface area contributed by atoms with Crippen LogP contribution in [-0.2, 0) is 9.59 Å². The van der Waals surface area contributed by atoms with Crippen LogP contribution in [0.1, 0.15) is 32.1 Å². The summed E-state index contributed by atoms with van der Waals surface area (Å²) >= 11 is 0. The molecule has 2 amide bonds. The summed E-state index contributed by atoms with van der Waals surface area (Å²) in [6.45, 7) is 4.14. The zero-order valence-electron chi connectivity index (χ0n) is 13.2. The molecule has 1 aromatic rings. The van der Waals surface area contributed by atoms with Gasteiger partial charge in [0.05, 0.1) is 5.69 Å². The Morgan fingerprint density at radius 3 is 2.87 bits per heavy atom. The van der Waals surface area contributed by atoms with Gasteiger partial charge in [-0.3, -0.25) is 9.59 Å². The zero-order valence-corrected chi connectivity index (χ0v) is 13.2. The van der Waals surface area contributed by atoms with E-state index in [2.05, 4.69) is 11.9 Å². The molecule has 122 valence electrons. The Morgan fingerprint density at radius 2 is 2.13 bits per heavy atom. The smallest absolute Gasteiger partial charge is 0.265 e. The molecule has 3 rings (SSSR count). The number of ether oxygens (including phenoxy) is 1. The van der Waals surface area contributed by atoms with E-state index in [0.717, 1.165) is 31.4 Å². The van der Waals surface area contributed by atoms with Gasteiger partial charge in [-0.1, -0.05) is 25.3 Å². The van der Waals surface area contributed by atoms with Crippen molar-refractivity contribution in [2.45, 2.75) is 32.1 Å². The van der Waals surface area contributed by atoms with E-state index in [1.54, 1.807) is 17.0 Å². The lowest BCUT2D eigenvalue weighted by molar-refractivity contribution is -0.121. The van der Waals surface area contributed by atoms with E-state index >= 15 is 0 Å². The Kier molecular flexibility index (Phi) is 4.65. The largest absolute Gasteiger partial charge is 0.481 e. The standard InChI is InChI=1S/C18H22N2O3/c1-2-10-20-15-9-8-14(11-16(15)23-12-17(20)21)19-18(22)13-6-4-3-5-7-13/h2,8-9,11,13H,1,3-7,10,12H2,(H,19,22). The van der Waals surface area contributed by atoms with Crippen molar-refractivity contribution in [1.29, 1.82) is 0 Å². The van der Waals surface area contributed by atoms with Crippen molar-refractivity contribution in [2.24, 2.45) is 5.92 Å². The van der Waals surface area contributed by atoms with Gasteiger partial charge in [-0.15, -0.1) is 6.58 Å². The highest BCUT2D eigenvalue weighted by molar-refractivity contribution is 5.99. The van der Waals surface area contributed by atoms with Crippen LogP contribution in [-0.4, -0.2) is 25.0 Å². The summed E-state index contributed by atoms with van der Waals surface area (Å²) in [5.74, 6) is 0.725.